The zero-order chi connectivity index (χ0) is 15.5. The molecule has 0 aromatic carbocycles. The van der Waals surface area contributed by atoms with Crippen LogP contribution in [0.4, 0.5) is 5.82 Å². The third-order valence-corrected chi connectivity index (χ3v) is 4.75. The molecule has 1 aliphatic rings. The molecule has 0 atom stereocenters. The first-order valence-corrected chi connectivity index (χ1v) is 8.83. The minimum Gasteiger partial charge on any atom is -0.354 e. The predicted octanol–water partition coefficient (Wildman–Crippen LogP) is 5.28. The quantitative estimate of drug-likeness (QED) is 0.704. The van der Waals surface area contributed by atoms with E-state index in [1.54, 1.807) is 0 Å². The Labute approximate surface area is 134 Å². The average Bonchev–Trinajstić information content (AvgIpc) is 2.48. The Hall–Kier alpha value is -0.760. The van der Waals surface area contributed by atoms with E-state index >= 15 is 0 Å². The number of nitrogens with zero attached hydrogens (tertiary/aromatic N) is 2. The van der Waals surface area contributed by atoms with Crippen LogP contribution >= 0.6 is 11.6 Å². The number of aromatic nitrogens is 1. The molecular weight excluding hydrogens is 280 g/mol. The molecule has 2 rings (SSSR count). The van der Waals surface area contributed by atoms with Crippen LogP contribution in [-0.4, -0.2) is 17.6 Å². The van der Waals surface area contributed by atoms with Crippen molar-refractivity contribution in [2.45, 2.75) is 77.1 Å². The summed E-state index contributed by atoms with van der Waals surface area (Å²) in [6.45, 7) is 9.91. The summed E-state index contributed by atoms with van der Waals surface area (Å²) in [5.74, 6) is 1.67. The van der Waals surface area contributed by atoms with Crippen molar-refractivity contribution in [2.24, 2.45) is 0 Å². The van der Waals surface area contributed by atoms with Gasteiger partial charge in [0.15, 0.2) is 0 Å². The molecule has 1 aromatic rings. The maximum atomic E-state index is 6.11. The van der Waals surface area contributed by atoms with Gasteiger partial charge in [-0.15, -0.1) is 11.6 Å². The van der Waals surface area contributed by atoms with Crippen molar-refractivity contribution in [2.75, 3.05) is 11.4 Å². The first-order valence-electron chi connectivity index (χ1n) is 8.29. The van der Waals surface area contributed by atoms with E-state index in [1.165, 1.54) is 37.7 Å². The highest BCUT2D eigenvalue weighted by Gasteiger charge is 2.23. The van der Waals surface area contributed by atoms with Crippen molar-refractivity contribution in [1.29, 1.82) is 0 Å². The van der Waals surface area contributed by atoms with Gasteiger partial charge in [-0.05, 0) is 37.5 Å². The van der Waals surface area contributed by atoms with E-state index in [9.17, 15) is 0 Å². The number of halogens is 1. The van der Waals surface area contributed by atoms with E-state index in [0.717, 1.165) is 18.1 Å². The molecule has 1 fully saturated rings. The van der Waals surface area contributed by atoms with Gasteiger partial charge in [-0.25, -0.2) is 4.98 Å². The first-order chi connectivity index (χ1) is 9.95. The van der Waals surface area contributed by atoms with E-state index in [1.807, 2.05) is 0 Å². The van der Waals surface area contributed by atoms with E-state index in [-0.39, 0.29) is 5.41 Å². The van der Waals surface area contributed by atoms with Crippen molar-refractivity contribution in [3.05, 3.63) is 23.4 Å². The number of anilines is 1. The largest absolute Gasteiger partial charge is 0.354 e. The van der Waals surface area contributed by atoms with Crippen LogP contribution in [0, 0.1) is 0 Å². The molecule has 0 radical (unpaired) electrons. The third kappa shape index (κ3) is 4.12. The normalized spacial score (nSPS) is 17.0. The molecule has 1 aliphatic carbocycles. The molecule has 118 valence electrons. The predicted molar refractivity (Wildman–Crippen MR) is 92.4 cm³/mol. The van der Waals surface area contributed by atoms with E-state index < -0.39 is 0 Å². The van der Waals surface area contributed by atoms with E-state index in [2.05, 4.69) is 44.7 Å². The second-order valence-corrected chi connectivity index (χ2v) is 7.45. The summed E-state index contributed by atoms with van der Waals surface area (Å²) in [4.78, 5) is 7.46. The van der Waals surface area contributed by atoms with Crippen molar-refractivity contribution in [3.8, 4) is 0 Å². The van der Waals surface area contributed by atoms with Crippen LogP contribution in [0.2, 0.25) is 0 Å². The number of rotatable bonds is 4. The number of alkyl halides is 1. The second kappa shape index (κ2) is 7.00. The smallest absolute Gasteiger partial charge is 0.129 e. The Morgan fingerprint density at radius 2 is 1.86 bits per heavy atom. The van der Waals surface area contributed by atoms with Crippen molar-refractivity contribution >= 4 is 17.4 Å². The lowest BCUT2D eigenvalue weighted by Crippen LogP contribution is -2.37. The first kappa shape index (κ1) is 16.6. The van der Waals surface area contributed by atoms with Crippen molar-refractivity contribution < 1.29 is 0 Å². The Bertz CT molecular complexity index is 459. The maximum Gasteiger partial charge on any atom is 0.129 e. The van der Waals surface area contributed by atoms with Gasteiger partial charge in [0.1, 0.15) is 5.82 Å². The summed E-state index contributed by atoms with van der Waals surface area (Å²) in [6, 6.07) is 4.99. The minimum atomic E-state index is 0.0583. The lowest BCUT2D eigenvalue weighted by Gasteiger charge is -2.35. The fourth-order valence-electron chi connectivity index (χ4n) is 3.18. The van der Waals surface area contributed by atoms with Gasteiger partial charge in [-0.2, -0.15) is 0 Å². The molecule has 2 nitrogen and oxygen atoms in total. The van der Waals surface area contributed by atoms with Crippen molar-refractivity contribution in [3.63, 3.8) is 0 Å². The molecule has 0 spiro atoms. The average molecular weight is 309 g/mol. The van der Waals surface area contributed by atoms with Crippen LogP contribution in [0.25, 0.3) is 0 Å². The van der Waals surface area contributed by atoms with E-state index in [4.69, 9.17) is 16.6 Å². The number of pyridine rings is 1. The van der Waals surface area contributed by atoms with Crippen LogP contribution in [0.3, 0.4) is 0 Å². The number of hydrogen-bond donors (Lipinski definition) is 0. The minimum absolute atomic E-state index is 0.0583. The molecule has 0 amide bonds. The van der Waals surface area contributed by atoms with Crippen molar-refractivity contribution in [1.82, 2.24) is 4.98 Å². The lowest BCUT2D eigenvalue weighted by molar-refractivity contribution is 0.415. The summed E-state index contributed by atoms with van der Waals surface area (Å²) in [5, 5.41) is 0. The highest BCUT2D eigenvalue weighted by atomic mass is 35.5. The van der Waals surface area contributed by atoms with Crippen LogP contribution in [0.15, 0.2) is 12.1 Å². The Morgan fingerprint density at radius 3 is 2.38 bits per heavy atom. The molecule has 1 aromatic heterocycles. The topological polar surface area (TPSA) is 16.1 Å². The zero-order valence-corrected chi connectivity index (χ0v) is 14.7. The van der Waals surface area contributed by atoms with Crippen LogP contribution in [0.1, 0.15) is 71.1 Å². The summed E-state index contributed by atoms with van der Waals surface area (Å²) in [7, 11) is 0. The second-order valence-electron chi connectivity index (χ2n) is 7.18. The molecule has 0 N–H and O–H groups in total. The number of hydrogen-bond acceptors (Lipinski definition) is 2. The van der Waals surface area contributed by atoms with Gasteiger partial charge in [0.2, 0.25) is 0 Å². The van der Waals surface area contributed by atoms with Gasteiger partial charge in [0.05, 0.1) is 0 Å². The standard InChI is InChI=1S/C18H29ClN2/c1-5-21(15-9-7-6-8-10-15)17-12-14(13-19)11-16(20-17)18(2,3)4/h11-12,15H,5-10,13H2,1-4H3. The van der Waals surface area contributed by atoms with Gasteiger partial charge in [-0.1, -0.05) is 40.0 Å². The maximum absolute atomic E-state index is 6.11. The fourth-order valence-corrected chi connectivity index (χ4v) is 3.33. The monoisotopic (exact) mass is 308 g/mol. The Morgan fingerprint density at radius 1 is 1.19 bits per heavy atom. The Balaban J connectivity index is 2.35. The van der Waals surface area contributed by atoms with Crippen LogP contribution in [0.5, 0.6) is 0 Å². The highest BCUT2D eigenvalue weighted by Crippen LogP contribution is 2.30. The summed E-state index contributed by atoms with van der Waals surface area (Å²) >= 11 is 6.11. The SMILES string of the molecule is CCN(c1cc(CCl)cc(C(C)(C)C)n1)C1CCCCC1. The van der Waals surface area contributed by atoms with Gasteiger partial charge < -0.3 is 4.90 Å². The molecular formula is C18H29ClN2. The van der Waals surface area contributed by atoms with Gasteiger partial charge in [0, 0.05) is 29.6 Å². The molecule has 0 unspecified atom stereocenters. The fraction of sp³-hybridized carbons (Fsp3) is 0.722. The van der Waals surface area contributed by atoms with Gasteiger partial charge in [-0.3, -0.25) is 0 Å². The van der Waals surface area contributed by atoms with Crippen LogP contribution in [-0.2, 0) is 11.3 Å². The zero-order valence-electron chi connectivity index (χ0n) is 14.0. The molecule has 0 aliphatic heterocycles. The Kier molecular flexibility index (Phi) is 5.54. The van der Waals surface area contributed by atoms with E-state index in [0.29, 0.717) is 11.9 Å². The van der Waals surface area contributed by atoms with Gasteiger partial charge in [0.25, 0.3) is 0 Å². The molecule has 21 heavy (non-hydrogen) atoms. The van der Waals surface area contributed by atoms with Gasteiger partial charge >= 0.3 is 0 Å². The molecule has 1 heterocycles. The molecule has 1 saturated carbocycles. The molecule has 0 saturated heterocycles. The summed E-state index contributed by atoms with van der Waals surface area (Å²) < 4.78 is 0. The van der Waals surface area contributed by atoms with Crippen LogP contribution < -0.4 is 4.90 Å². The molecule has 3 heteroatoms. The third-order valence-electron chi connectivity index (χ3n) is 4.44. The lowest BCUT2D eigenvalue weighted by atomic mass is 9.90. The summed E-state index contributed by atoms with van der Waals surface area (Å²) in [5.41, 5.74) is 2.38. The molecule has 0 bridgehead atoms. The highest BCUT2D eigenvalue weighted by molar-refractivity contribution is 6.17. The summed E-state index contributed by atoms with van der Waals surface area (Å²) in [6.07, 6.45) is 6.68.